The fraction of sp³-hybridized carbons (Fsp3) is 0.478. The van der Waals surface area contributed by atoms with Crippen LogP contribution in [0.2, 0.25) is 0 Å². The van der Waals surface area contributed by atoms with E-state index in [0.29, 0.717) is 30.0 Å². The number of fused-ring (bicyclic) bond motifs is 2. The molecule has 3 heterocycles. The fourth-order valence-corrected chi connectivity index (χ4v) is 5.01. The molecule has 1 aromatic carbocycles. The summed E-state index contributed by atoms with van der Waals surface area (Å²) >= 11 is 0. The van der Waals surface area contributed by atoms with Gasteiger partial charge in [-0.1, -0.05) is 13.8 Å². The summed E-state index contributed by atoms with van der Waals surface area (Å²) < 4.78 is 44.3. The molecule has 1 saturated heterocycles. The zero-order valence-corrected chi connectivity index (χ0v) is 18.8. The number of carbonyl (C=O) groups is 1. The predicted octanol–water partition coefficient (Wildman–Crippen LogP) is 4.57. The Morgan fingerprint density at radius 2 is 1.82 bits per heavy atom. The first kappa shape index (κ1) is 23.3. The van der Waals surface area contributed by atoms with Crippen molar-refractivity contribution in [2.45, 2.75) is 45.9 Å². The molecule has 0 N–H and O–H groups in total. The second-order valence-corrected chi connectivity index (χ2v) is 8.45. The van der Waals surface area contributed by atoms with E-state index in [1.807, 2.05) is 27.0 Å². The molecule has 10 heteroatoms. The van der Waals surface area contributed by atoms with Crippen molar-refractivity contribution in [2.24, 2.45) is 11.8 Å². The van der Waals surface area contributed by atoms with Gasteiger partial charge in [0.2, 0.25) is 0 Å². The van der Waals surface area contributed by atoms with Gasteiger partial charge >= 0.3 is 177 Å². The van der Waals surface area contributed by atoms with Gasteiger partial charge in [0.1, 0.15) is 0 Å². The maximum atomic E-state index is 13.0. The van der Waals surface area contributed by atoms with Crippen molar-refractivity contribution < 1.29 is 22.7 Å². The van der Waals surface area contributed by atoms with Gasteiger partial charge in [0, 0.05) is 0 Å². The van der Waals surface area contributed by atoms with Crippen LogP contribution in [0.3, 0.4) is 0 Å². The van der Waals surface area contributed by atoms with Crippen LogP contribution in [0.25, 0.3) is 5.78 Å². The first-order chi connectivity index (χ1) is 15.8. The summed E-state index contributed by atoms with van der Waals surface area (Å²) in [4.78, 5) is 23.3. The molecule has 0 spiro atoms. The van der Waals surface area contributed by atoms with Crippen molar-refractivity contribution in [3.05, 3.63) is 53.4 Å². The van der Waals surface area contributed by atoms with E-state index in [9.17, 15) is 18.0 Å². The van der Waals surface area contributed by atoms with Crippen molar-refractivity contribution in [3.63, 3.8) is 0 Å². The zero-order chi connectivity index (χ0) is 23.8. The van der Waals surface area contributed by atoms with E-state index in [-0.39, 0.29) is 29.4 Å². The quantitative estimate of drug-likeness (QED) is 0.577. The molecule has 1 amide bonds. The summed E-state index contributed by atoms with van der Waals surface area (Å²) in [5.74, 6) is 0.730. The number of aromatic nitrogens is 3. The van der Waals surface area contributed by atoms with Crippen LogP contribution in [0.5, 0.6) is 5.75 Å². The van der Waals surface area contributed by atoms with Gasteiger partial charge in [-0.3, -0.25) is 0 Å². The van der Waals surface area contributed by atoms with Crippen LogP contribution in [0.4, 0.5) is 13.2 Å². The van der Waals surface area contributed by atoms with Gasteiger partial charge in [-0.15, -0.1) is 0 Å². The van der Waals surface area contributed by atoms with Crippen LogP contribution in [0, 0.1) is 18.8 Å². The van der Waals surface area contributed by atoms with Crippen LogP contribution >= 0.6 is 0 Å². The standard InChI is InChI=1S/C21H20BF3N4O2.C2H6/c1-12-8-26-20-27-18(22-29(20)9-12)19(30)28-10-14-6-13(7-15(14)11-28)16-4-2-3-5-17(16)31-21(23,24)25;1-2/h2-5,8-9,13-15H,6-7,10-11H2,1H3;1-2H3/t13?,14-,15+;. The van der Waals surface area contributed by atoms with Crippen LogP contribution in [-0.4, -0.2) is 51.6 Å². The SMILES string of the molecule is CC.Cc1cnc2nc(C(=O)N3C[C@H]4CC(c5ccccc5OC(F)(F)F)C[C@H]4C3)bn2c1. The summed E-state index contributed by atoms with van der Waals surface area (Å²) in [6.07, 6.45) is 0.333. The van der Waals surface area contributed by atoms with E-state index < -0.39 is 6.36 Å². The molecular weight excluding hydrogens is 432 g/mol. The Balaban J connectivity index is 0.00000126. The number of ether oxygens (including phenoxy) is 1. The Labute approximate surface area is 191 Å². The Kier molecular flexibility index (Phi) is 6.45. The normalized spacial score (nSPS) is 22.0. The Morgan fingerprint density at radius 3 is 2.48 bits per heavy atom. The fourth-order valence-electron chi connectivity index (χ4n) is 5.01. The van der Waals surface area contributed by atoms with E-state index in [4.69, 9.17) is 0 Å². The average molecular weight is 458 g/mol. The van der Waals surface area contributed by atoms with Crippen molar-refractivity contribution in [2.75, 3.05) is 13.1 Å². The molecule has 5 rings (SSSR count). The van der Waals surface area contributed by atoms with Crippen molar-refractivity contribution in [1.82, 2.24) is 19.2 Å². The molecule has 3 atom stereocenters. The number of para-hydroxylation sites is 1. The van der Waals surface area contributed by atoms with Gasteiger partial charge in [-0.25, -0.2) is 0 Å². The number of carbonyl (C=O) groups excluding carboxylic acids is 1. The van der Waals surface area contributed by atoms with E-state index in [0.717, 1.165) is 18.4 Å². The molecule has 174 valence electrons. The third kappa shape index (κ3) is 4.89. The molecule has 0 bridgehead atoms. The molecule has 1 aliphatic heterocycles. The molecule has 3 aromatic rings. The maximum absolute atomic E-state index is 13.0. The van der Waals surface area contributed by atoms with Gasteiger partial charge in [0.15, 0.2) is 0 Å². The Bertz CT molecular complexity index is 1140. The summed E-state index contributed by atoms with van der Waals surface area (Å²) in [5.41, 5.74) is 1.92. The average Bonchev–Trinajstić information content (AvgIpc) is 3.46. The number of aryl methyl sites for hydroxylation is 1. The minimum atomic E-state index is -4.71. The van der Waals surface area contributed by atoms with E-state index in [1.54, 1.807) is 40.7 Å². The van der Waals surface area contributed by atoms with Gasteiger partial charge in [-0.05, 0) is 0 Å². The molecule has 2 aliphatic rings. The summed E-state index contributed by atoms with van der Waals surface area (Å²) in [6.45, 7) is 7.09. The molecule has 1 aliphatic carbocycles. The van der Waals surface area contributed by atoms with Gasteiger partial charge in [0.25, 0.3) is 0 Å². The van der Waals surface area contributed by atoms with E-state index in [1.165, 1.54) is 6.07 Å². The number of amides is 1. The number of nitrogens with zero attached hydrogens (tertiary/aromatic N) is 4. The molecule has 2 fully saturated rings. The molecule has 1 saturated carbocycles. The first-order valence-electron chi connectivity index (χ1n) is 11.2. The van der Waals surface area contributed by atoms with Crippen molar-refractivity contribution in [1.29, 1.82) is 0 Å². The zero-order valence-electron chi connectivity index (χ0n) is 18.8. The van der Waals surface area contributed by atoms with Gasteiger partial charge in [0.05, 0.1) is 0 Å². The summed E-state index contributed by atoms with van der Waals surface area (Å²) in [6, 6.07) is 6.36. The number of likely N-dealkylation sites (tertiary alicyclic amines) is 1. The predicted molar refractivity (Wildman–Crippen MR) is 118 cm³/mol. The second kappa shape index (κ2) is 9.15. The third-order valence-corrected chi connectivity index (χ3v) is 6.28. The number of hydrogen-bond donors (Lipinski definition) is 0. The van der Waals surface area contributed by atoms with E-state index >= 15 is 0 Å². The molecule has 33 heavy (non-hydrogen) atoms. The molecule has 1 unspecified atom stereocenters. The molecule has 6 nitrogen and oxygen atoms in total. The second-order valence-electron chi connectivity index (χ2n) is 8.45. The monoisotopic (exact) mass is 458 g/mol. The number of alkyl halides is 3. The van der Waals surface area contributed by atoms with Crippen LogP contribution in [-0.2, 0) is 0 Å². The summed E-state index contributed by atoms with van der Waals surface area (Å²) in [7, 11) is 1.69. The van der Waals surface area contributed by atoms with Crippen LogP contribution in [0.1, 0.15) is 54.1 Å². The third-order valence-electron chi connectivity index (χ3n) is 6.28. The Hall–Kier alpha value is -2.91. The molecule has 0 radical (unpaired) electrons. The number of rotatable bonds is 3. The van der Waals surface area contributed by atoms with Crippen LogP contribution in [0.15, 0.2) is 36.7 Å². The van der Waals surface area contributed by atoms with E-state index in [2.05, 4.69) is 14.7 Å². The topological polar surface area (TPSA) is 59.7 Å². The number of benzene rings is 1. The molecule has 2 aromatic heterocycles. The van der Waals surface area contributed by atoms with Crippen molar-refractivity contribution >= 4 is 18.7 Å². The first-order valence-corrected chi connectivity index (χ1v) is 11.2. The number of halogens is 3. The molecular formula is C23H26BF3N4O2. The summed E-state index contributed by atoms with van der Waals surface area (Å²) in [5, 5.41) is 0. The van der Waals surface area contributed by atoms with Crippen molar-refractivity contribution in [3.8, 4) is 5.75 Å². The van der Waals surface area contributed by atoms with Gasteiger partial charge in [-0.2, -0.15) is 0 Å². The number of hydrogen-bond acceptors (Lipinski definition) is 4. The Morgan fingerprint density at radius 1 is 1.15 bits per heavy atom. The van der Waals surface area contributed by atoms with Gasteiger partial charge < -0.3 is 0 Å². The van der Waals surface area contributed by atoms with Crippen LogP contribution < -0.4 is 4.74 Å². The minimum absolute atomic E-state index is 0.00632.